The molecule has 0 bridgehead atoms. The molecule has 0 saturated carbocycles. The van der Waals surface area contributed by atoms with Crippen LogP contribution in [0, 0.1) is 5.82 Å². The Labute approximate surface area is 148 Å². The molecule has 24 heavy (non-hydrogen) atoms. The molecule has 0 radical (unpaired) electrons. The van der Waals surface area contributed by atoms with Crippen LogP contribution in [0.1, 0.15) is 12.8 Å². The fourth-order valence-electron chi connectivity index (χ4n) is 2.73. The highest BCUT2D eigenvalue weighted by Crippen LogP contribution is 2.32. The summed E-state index contributed by atoms with van der Waals surface area (Å²) >= 11 is 0. The van der Waals surface area contributed by atoms with Gasteiger partial charge in [-0.3, -0.25) is 0 Å². The Kier molecular flexibility index (Phi) is 8.38. The minimum Gasteiger partial charge on any atom is -0.490 e. The second-order valence-electron chi connectivity index (χ2n) is 5.40. The van der Waals surface area contributed by atoms with Gasteiger partial charge in [0.15, 0.2) is 0 Å². The minimum atomic E-state index is -3.81. The van der Waals surface area contributed by atoms with E-state index in [2.05, 4.69) is 5.32 Å². The van der Waals surface area contributed by atoms with E-state index < -0.39 is 15.8 Å². The lowest BCUT2D eigenvalue weighted by Gasteiger charge is -2.25. The number of sulfonamides is 1. The molecule has 1 aromatic rings. The number of ether oxygens (including phenoxy) is 2. The van der Waals surface area contributed by atoms with E-state index in [1.807, 2.05) is 0 Å². The van der Waals surface area contributed by atoms with Crippen molar-refractivity contribution in [1.82, 2.24) is 9.62 Å². The highest BCUT2D eigenvalue weighted by atomic mass is 35.5. The SMILES string of the molecule is CNCC1CCCN1S(=O)(=O)c1cc(F)ccc1OCCOC.Cl. The molecule has 1 saturated heterocycles. The number of nitrogens with one attached hydrogen (secondary N) is 1. The molecule has 138 valence electrons. The van der Waals surface area contributed by atoms with Gasteiger partial charge < -0.3 is 14.8 Å². The number of likely N-dealkylation sites (N-methyl/N-ethyl adjacent to an activating group) is 1. The fraction of sp³-hybridized carbons (Fsp3) is 0.600. The lowest BCUT2D eigenvalue weighted by molar-refractivity contribution is 0.144. The number of hydrogen-bond donors (Lipinski definition) is 1. The molecule has 1 aliphatic heterocycles. The summed E-state index contributed by atoms with van der Waals surface area (Å²) in [5.41, 5.74) is 0. The van der Waals surface area contributed by atoms with Crippen molar-refractivity contribution in [3.8, 4) is 5.75 Å². The van der Waals surface area contributed by atoms with E-state index in [0.717, 1.165) is 18.9 Å². The van der Waals surface area contributed by atoms with Gasteiger partial charge in [-0.2, -0.15) is 4.31 Å². The Morgan fingerprint density at radius 2 is 2.12 bits per heavy atom. The van der Waals surface area contributed by atoms with Crippen LogP contribution in [0.3, 0.4) is 0 Å². The largest absolute Gasteiger partial charge is 0.490 e. The van der Waals surface area contributed by atoms with Gasteiger partial charge in [0.2, 0.25) is 10.0 Å². The van der Waals surface area contributed by atoms with Crippen molar-refractivity contribution in [2.75, 3.05) is 40.5 Å². The quantitative estimate of drug-likeness (QED) is 0.692. The number of nitrogens with zero attached hydrogens (tertiary/aromatic N) is 1. The van der Waals surface area contributed by atoms with Crippen LogP contribution in [-0.2, 0) is 14.8 Å². The first kappa shape index (κ1) is 21.1. The van der Waals surface area contributed by atoms with Crippen LogP contribution in [0.4, 0.5) is 4.39 Å². The molecule has 2 rings (SSSR count). The Hall–Kier alpha value is -0.930. The molecule has 1 fully saturated rings. The maximum absolute atomic E-state index is 13.6. The van der Waals surface area contributed by atoms with Crippen molar-refractivity contribution in [1.29, 1.82) is 0 Å². The van der Waals surface area contributed by atoms with Crippen molar-refractivity contribution in [3.63, 3.8) is 0 Å². The summed E-state index contributed by atoms with van der Waals surface area (Å²) in [6, 6.07) is 3.43. The van der Waals surface area contributed by atoms with E-state index in [1.165, 1.54) is 23.5 Å². The summed E-state index contributed by atoms with van der Waals surface area (Å²) in [6.07, 6.45) is 1.58. The highest BCUT2D eigenvalue weighted by Gasteiger charge is 2.36. The second-order valence-corrected chi connectivity index (χ2v) is 7.26. The zero-order valence-corrected chi connectivity index (χ0v) is 15.5. The summed E-state index contributed by atoms with van der Waals surface area (Å²) in [5, 5.41) is 3.00. The molecule has 6 nitrogen and oxygen atoms in total. The molecule has 0 aliphatic carbocycles. The molecule has 0 aromatic heterocycles. The van der Waals surface area contributed by atoms with Gasteiger partial charge in [-0.25, -0.2) is 12.8 Å². The third kappa shape index (κ3) is 4.80. The van der Waals surface area contributed by atoms with Crippen molar-refractivity contribution < 1.29 is 22.3 Å². The van der Waals surface area contributed by atoms with Crippen LogP contribution in [0.15, 0.2) is 23.1 Å². The van der Waals surface area contributed by atoms with Gasteiger partial charge in [0.1, 0.15) is 23.1 Å². The van der Waals surface area contributed by atoms with E-state index in [0.29, 0.717) is 19.7 Å². The molecule has 1 N–H and O–H groups in total. The average Bonchev–Trinajstić information content (AvgIpc) is 2.98. The van der Waals surface area contributed by atoms with Crippen LogP contribution >= 0.6 is 12.4 Å². The Balaban J connectivity index is 0.00000288. The van der Waals surface area contributed by atoms with Gasteiger partial charge in [0.25, 0.3) is 0 Å². The highest BCUT2D eigenvalue weighted by molar-refractivity contribution is 7.89. The van der Waals surface area contributed by atoms with Crippen LogP contribution in [-0.4, -0.2) is 59.2 Å². The molecular formula is C15H24ClFN2O4S. The van der Waals surface area contributed by atoms with Crippen LogP contribution in [0.25, 0.3) is 0 Å². The smallest absolute Gasteiger partial charge is 0.247 e. The molecule has 0 amide bonds. The average molecular weight is 383 g/mol. The second kappa shape index (κ2) is 9.53. The zero-order valence-electron chi connectivity index (χ0n) is 13.8. The Bertz CT molecular complexity index is 630. The van der Waals surface area contributed by atoms with E-state index >= 15 is 0 Å². The summed E-state index contributed by atoms with van der Waals surface area (Å²) in [6.45, 7) is 1.52. The summed E-state index contributed by atoms with van der Waals surface area (Å²) < 4.78 is 51.3. The molecule has 9 heteroatoms. The monoisotopic (exact) mass is 382 g/mol. The van der Waals surface area contributed by atoms with Crippen molar-refractivity contribution in [2.24, 2.45) is 0 Å². The van der Waals surface area contributed by atoms with Gasteiger partial charge in [-0.1, -0.05) is 0 Å². The van der Waals surface area contributed by atoms with Crippen molar-refractivity contribution in [2.45, 2.75) is 23.8 Å². The minimum absolute atomic E-state index is 0. The first-order chi connectivity index (χ1) is 11.0. The third-order valence-electron chi connectivity index (χ3n) is 3.80. The predicted molar refractivity (Wildman–Crippen MR) is 91.9 cm³/mol. The topological polar surface area (TPSA) is 67.9 Å². The van der Waals surface area contributed by atoms with Gasteiger partial charge in [-0.05, 0) is 38.1 Å². The van der Waals surface area contributed by atoms with E-state index in [1.54, 1.807) is 7.05 Å². The van der Waals surface area contributed by atoms with E-state index in [-0.39, 0.29) is 35.7 Å². The van der Waals surface area contributed by atoms with Gasteiger partial charge in [0, 0.05) is 26.2 Å². The first-order valence-electron chi connectivity index (χ1n) is 7.58. The van der Waals surface area contributed by atoms with E-state index in [9.17, 15) is 12.8 Å². The van der Waals surface area contributed by atoms with Gasteiger partial charge >= 0.3 is 0 Å². The maximum atomic E-state index is 13.6. The lowest BCUT2D eigenvalue weighted by atomic mass is 10.2. The summed E-state index contributed by atoms with van der Waals surface area (Å²) in [7, 11) is -0.504. The lowest BCUT2D eigenvalue weighted by Crippen LogP contribution is -2.40. The van der Waals surface area contributed by atoms with Crippen LogP contribution in [0.2, 0.25) is 0 Å². The van der Waals surface area contributed by atoms with Crippen LogP contribution in [0.5, 0.6) is 5.75 Å². The first-order valence-corrected chi connectivity index (χ1v) is 9.02. The van der Waals surface area contributed by atoms with Crippen LogP contribution < -0.4 is 10.1 Å². The Morgan fingerprint density at radius 3 is 2.79 bits per heavy atom. The molecule has 1 atom stereocenters. The van der Waals surface area contributed by atoms with Crippen molar-refractivity contribution >= 4 is 22.4 Å². The molecule has 0 spiro atoms. The molecule has 1 aliphatic rings. The summed E-state index contributed by atoms with van der Waals surface area (Å²) in [5.74, 6) is -0.453. The normalized spacial score (nSPS) is 18.4. The standard InChI is InChI=1S/C15H23FN2O4S.ClH/c1-17-11-13-4-3-7-18(13)23(19,20)15-10-12(16)5-6-14(15)22-9-8-21-2;/h5-6,10,13,17H,3-4,7-9,11H2,1-2H3;1H. The molecule has 1 unspecified atom stereocenters. The number of benzene rings is 1. The molecule has 1 aromatic carbocycles. The predicted octanol–water partition coefficient (Wildman–Crippen LogP) is 1.65. The summed E-state index contributed by atoms with van der Waals surface area (Å²) in [4.78, 5) is -0.128. The van der Waals surface area contributed by atoms with Gasteiger partial charge in [-0.15, -0.1) is 12.4 Å². The number of hydrogen-bond acceptors (Lipinski definition) is 5. The number of methoxy groups -OCH3 is 1. The van der Waals surface area contributed by atoms with Crippen molar-refractivity contribution in [3.05, 3.63) is 24.0 Å². The molecule has 1 heterocycles. The zero-order chi connectivity index (χ0) is 16.9. The van der Waals surface area contributed by atoms with E-state index in [4.69, 9.17) is 9.47 Å². The Morgan fingerprint density at radius 1 is 1.38 bits per heavy atom. The fourth-order valence-corrected chi connectivity index (χ4v) is 4.57. The maximum Gasteiger partial charge on any atom is 0.247 e. The number of halogens is 2. The molecular weight excluding hydrogens is 359 g/mol. The van der Waals surface area contributed by atoms with Gasteiger partial charge in [0.05, 0.1) is 6.61 Å². The third-order valence-corrected chi connectivity index (χ3v) is 5.77. The number of rotatable bonds is 8.